The molecule has 0 aliphatic rings. The summed E-state index contributed by atoms with van der Waals surface area (Å²) in [7, 11) is 1.43. The number of hydrogen-bond donors (Lipinski definition) is 2. The van der Waals surface area contributed by atoms with E-state index in [0.717, 1.165) is 6.07 Å². The Morgan fingerprint density at radius 1 is 1.47 bits per heavy atom. The lowest BCUT2D eigenvalue weighted by molar-refractivity contribution is 0.0475. The summed E-state index contributed by atoms with van der Waals surface area (Å²) in [6.07, 6.45) is -3.26. The maximum Gasteiger partial charge on any atom is 0.188 e. The van der Waals surface area contributed by atoms with Crippen molar-refractivity contribution in [3.63, 3.8) is 0 Å². The minimum absolute atomic E-state index is 0.0256. The van der Waals surface area contributed by atoms with E-state index in [4.69, 9.17) is 15.1 Å². The molecular formula is C11H12FNO4. The first-order valence-electron chi connectivity index (χ1n) is 4.77. The van der Waals surface area contributed by atoms with Gasteiger partial charge in [0.2, 0.25) is 0 Å². The highest BCUT2D eigenvalue weighted by molar-refractivity contribution is 5.31. The fourth-order valence-electron chi connectivity index (χ4n) is 1.21. The topological polar surface area (TPSA) is 82.7 Å². The molecule has 6 heteroatoms. The number of rotatable bonds is 5. The van der Waals surface area contributed by atoms with Crippen LogP contribution >= 0.6 is 0 Å². The number of nitriles is 1. The second-order valence-corrected chi connectivity index (χ2v) is 3.25. The number of nitrogens with zero attached hydrogens (tertiary/aromatic N) is 1. The lowest BCUT2D eigenvalue weighted by atomic mass is 10.0. The van der Waals surface area contributed by atoms with Crippen LogP contribution in [-0.2, 0) is 4.74 Å². The molecule has 17 heavy (non-hydrogen) atoms. The van der Waals surface area contributed by atoms with Gasteiger partial charge in [-0.15, -0.1) is 0 Å². The van der Waals surface area contributed by atoms with Gasteiger partial charge in [0, 0.05) is 18.7 Å². The predicted molar refractivity (Wildman–Crippen MR) is 55.5 cm³/mol. The zero-order valence-electron chi connectivity index (χ0n) is 9.13. The van der Waals surface area contributed by atoms with Crippen LogP contribution in [-0.4, -0.2) is 30.2 Å². The Bertz CT molecular complexity index is 418. The summed E-state index contributed by atoms with van der Waals surface area (Å²) in [4.78, 5) is 0. The molecule has 2 unspecified atom stereocenters. The van der Waals surface area contributed by atoms with E-state index in [1.54, 1.807) is 0 Å². The summed E-state index contributed by atoms with van der Waals surface area (Å²) < 4.78 is 23.2. The molecule has 0 aliphatic heterocycles. The number of benzene rings is 1. The number of aliphatic hydroxyl groups is 2. The molecule has 0 radical (unpaired) electrons. The van der Waals surface area contributed by atoms with Crippen LogP contribution in [0.5, 0.6) is 5.75 Å². The van der Waals surface area contributed by atoms with Gasteiger partial charge in [-0.05, 0) is 12.1 Å². The molecular weight excluding hydrogens is 229 g/mol. The number of hydrogen-bond acceptors (Lipinski definition) is 5. The Kier molecular flexibility index (Phi) is 4.84. The summed E-state index contributed by atoms with van der Waals surface area (Å²) in [5, 5.41) is 26.9. The molecule has 0 heterocycles. The molecule has 92 valence electrons. The second kappa shape index (κ2) is 6.15. The van der Waals surface area contributed by atoms with Crippen LogP contribution in [0.25, 0.3) is 0 Å². The molecule has 2 atom stereocenters. The Morgan fingerprint density at radius 3 is 2.71 bits per heavy atom. The summed E-state index contributed by atoms with van der Waals surface area (Å²) in [5.41, 5.74) is -0.163. The molecule has 0 amide bonds. The molecule has 0 saturated carbocycles. The summed E-state index contributed by atoms with van der Waals surface area (Å²) >= 11 is 0. The molecule has 1 rings (SSSR count). The number of halogens is 1. The molecule has 0 spiro atoms. The average molecular weight is 241 g/mol. The number of methoxy groups -OCH3 is 1. The van der Waals surface area contributed by atoms with E-state index in [0.29, 0.717) is 0 Å². The lowest BCUT2D eigenvalue weighted by Gasteiger charge is -2.13. The molecule has 1 aromatic rings. The van der Waals surface area contributed by atoms with Crippen LogP contribution in [0.4, 0.5) is 4.39 Å². The monoisotopic (exact) mass is 241 g/mol. The highest BCUT2D eigenvalue weighted by Crippen LogP contribution is 2.24. The molecule has 5 nitrogen and oxygen atoms in total. The number of aliphatic hydroxyl groups excluding tert-OH is 2. The minimum atomic E-state index is -1.67. The minimum Gasteiger partial charge on any atom is -0.467 e. The molecule has 2 N–H and O–H groups in total. The number of ether oxygens (including phenoxy) is 2. The van der Waals surface area contributed by atoms with Gasteiger partial charge in [0.25, 0.3) is 0 Å². The van der Waals surface area contributed by atoms with E-state index < -0.39 is 18.0 Å². The first kappa shape index (κ1) is 13.4. The maximum atomic E-state index is 13.5. The third kappa shape index (κ3) is 3.39. The standard InChI is InChI=1S/C11H12FNO4/c1-16-6-17-7-2-3-8(9(12)4-7)11(15)10(14)5-13/h2-4,10-11,14-15H,6H2,1H3. The zero-order valence-corrected chi connectivity index (χ0v) is 9.13. The fraction of sp³-hybridized carbons (Fsp3) is 0.364. The van der Waals surface area contributed by atoms with Crippen molar-refractivity contribution in [1.82, 2.24) is 0 Å². The van der Waals surface area contributed by atoms with Crippen molar-refractivity contribution in [3.8, 4) is 11.8 Å². The maximum absolute atomic E-state index is 13.5. The molecule has 0 aliphatic carbocycles. The van der Waals surface area contributed by atoms with Gasteiger partial charge >= 0.3 is 0 Å². The van der Waals surface area contributed by atoms with Crippen molar-refractivity contribution < 1.29 is 24.1 Å². The van der Waals surface area contributed by atoms with Crippen molar-refractivity contribution in [2.75, 3.05) is 13.9 Å². The van der Waals surface area contributed by atoms with E-state index in [1.165, 1.54) is 25.3 Å². The van der Waals surface area contributed by atoms with E-state index in [-0.39, 0.29) is 18.1 Å². The Balaban J connectivity index is 2.86. The van der Waals surface area contributed by atoms with Crippen molar-refractivity contribution in [2.24, 2.45) is 0 Å². The largest absolute Gasteiger partial charge is 0.467 e. The van der Waals surface area contributed by atoms with Crippen LogP contribution in [0, 0.1) is 17.1 Å². The van der Waals surface area contributed by atoms with Crippen molar-refractivity contribution in [1.29, 1.82) is 5.26 Å². The van der Waals surface area contributed by atoms with E-state index in [2.05, 4.69) is 4.74 Å². The van der Waals surface area contributed by atoms with Crippen LogP contribution in [0.3, 0.4) is 0 Å². The van der Waals surface area contributed by atoms with Crippen LogP contribution in [0.2, 0.25) is 0 Å². The molecule has 0 aromatic heterocycles. The molecule has 1 aromatic carbocycles. The molecule has 0 fully saturated rings. The van der Waals surface area contributed by atoms with Crippen molar-refractivity contribution in [2.45, 2.75) is 12.2 Å². The van der Waals surface area contributed by atoms with Gasteiger partial charge in [0.1, 0.15) is 17.7 Å². The van der Waals surface area contributed by atoms with Crippen LogP contribution < -0.4 is 4.74 Å². The Labute approximate surface area is 97.6 Å². The summed E-state index contributed by atoms with van der Waals surface area (Å²) in [5.74, 6) is -0.535. The molecule has 0 bridgehead atoms. The smallest absolute Gasteiger partial charge is 0.188 e. The third-order valence-electron chi connectivity index (χ3n) is 2.07. The summed E-state index contributed by atoms with van der Waals surface area (Å²) in [6, 6.07) is 5.12. The first-order valence-corrected chi connectivity index (χ1v) is 4.77. The quantitative estimate of drug-likeness (QED) is 0.586. The SMILES string of the molecule is COCOc1ccc(C(O)C(O)C#N)c(F)c1. The zero-order chi connectivity index (χ0) is 12.8. The van der Waals surface area contributed by atoms with E-state index >= 15 is 0 Å². The van der Waals surface area contributed by atoms with Gasteiger partial charge in [-0.2, -0.15) is 5.26 Å². The van der Waals surface area contributed by atoms with E-state index in [9.17, 15) is 9.50 Å². The second-order valence-electron chi connectivity index (χ2n) is 3.25. The fourth-order valence-corrected chi connectivity index (χ4v) is 1.21. The van der Waals surface area contributed by atoms with Crippen molar-refractivity contribution in [3.05, 3.63) is 29.6 Å². The Hall–Kier alpha value is -1.68. The molecule has 0 saturated heterocycles. The van der Waals surface area contributed by atoms with Gasteiger partial charge < -0.3 is 19.7 Å². The normalized spacial score (nSPS) is 13.8. The van der Waals surface area contributed by atoms with Crippen LogP contribution in [0.1, 0.15) is 11.7 Å². The van der Waals surface area contributed by atoms with Gasteiger partial charge in [-0.25, -0.2) is 4.39 Å². The first-order chi connectivity index (χ1) is 8.10. The third-order valence-corrected chi connectivity index (χ3v) is 2.07. The summed E-state index contributed by atoms with van der Waals surface area (Å²) in [6.45, 7) is -0.0256. The van der Waals surface area contributed by atoms with Crippen LogP contribution in [0.15, 0.2) is 18.2 Å². The van der Waals surface area contributed by atoms with E-state index in [1.807, 2.05) is 0 Å². The Morgan fingerprint density at radius 2 is 2.18 bits per heavy atom. The highest BCUT2D eigenvalue weighted by atomic mass is 19.1. The van der Waals surface area contributed by atoms with Gasteiger partial charge in [-0.1, -0.05) is 0 Å². The van der Waals surface area contributed by atoms with Gasteiger partial charge in [0.15, 0.2) is 12.9 Å². The lowest BCUT2D eigenvalue weighted by Crippen LogP contribution is -2.17. The highest BCUT2D eigenvalue weighted by Gasteiger charge is 2.21. The predicted octanol–water partition coefficient (Wildman–Crippen LogP) is 0.726. The van der Waals surface area contributed by atoms with Crippen molar-refractivity contribution >= 4 is 0 Å². The van der Waals surface area contributed by atoms with Gasteiger partial charge in [0.05, 0.1) is 6.07 Å². The van der Waals surface area contributed by atoms with Gasteiger partial charge in [-0.3, -0.25) is 0 Å². The average Bonchev–Trinajstić information content (AvgIpc) is 2.34.